The first-order chi connectivity index (χ1) is 14.1. The Morgan fingerprint density at radius 1 is 1.07 bits per heavy atom. The Labute approximate surface area is 171 Å². The highest BCUT2D eigenvalue weighted by Gasteiger charge is 2.54. The van der Waals surface area contributed by atoms with Crippen LogP contribution in [-0.2, 0) is 22.7 Å². The molecule has 154 valence electrons. The molecule has 6 rings (SSSR count). The number of aromatic nitrogens is 2. The summed E-state index contributed by atoms with van der Waals surface area (Å²) in [7, 11) is 0. The molecule has 1 aromatic carbocycles. The van der Waals surface area contributed by atoms with E-state index in [0.29, 0.717) is 6.54 Å². The molecule has 6 heteroatoms. The van der Waals surface area contributed by atoms with Crippen molar-refractivity contribution in [3.05, 3.63) is 30.1 Å². The lowest BCUT2D eigenvalue weighted by Crippen LogP contribution is -2.54. The summed E-state index contributed by atoms with van der Waals surface area (Å²) in [5, 5.41) is 5.88. The molecule has 0 radical (unpaired) electrons. The van der Waals surface area contributed by atoms with Crippen LogP contribution in [0.5, 0.6) is 0 Å². The molecule has 1 aromatic heterocycles. The molecule has 2 N–H and O–H groups in total. The molecule has 4 saturated carbocycles. The Balaban J connectivity index is 1.18. The second kappa shape index (κ2) is 7.15. The summed E-state index contributed by atoms with van der Waals surface area (Å²) in [4.78, 5) is 30.0. The van der Waals surface area contributed by atoms with E-state index in [1.54, 1.807) is 0 Å². The van der Waals surface area contributed by atoms with Crippen molar-refractivity contribution in [1.82, 2.24) is 20.2 Å². The number of imidazole rings is 1. The van der Waals surface area contributed by atoms with Gasteiger partial charge < -0.3 is 15.2 Å². The van der Waals surface area contributed by atoms with E-state index in [-0.39, 0.29) is 23.8 Å². The second-order valence-electron chi connectivity index (χ2n) is 9.42. The minimum Gasteiger partial charge on any atom is -0.347 e. The number of aryl methyl sites for hydroxylation is 1. The number of carbonyl (C=O) groups excluding carboxylic acids is 2. The van der Waals surface area contributed by atoms with E-state index >= 15 is 0 Å². The van der Waals surface area contributed by atoms with E-state index in [2.05, 4.69) is 27.1 Å². The predicted molar refractivity (Wildman–Crippen MR) is 111 cm³/mol. The Morgan fingerprint density at radius 3 is 2.38 bits per heavy atom. The first-order valence-electron chi connectivity index (χ1n) is 11.1. The normalized spacial score (nSPS) is 29.9. The van der Waals surface area contributed by atoms with Gasteiger partial charge in [0.15, 0.2) is 0 Å². The van der Waals surface area contributed by atoms with Crippen LogP contribution in [0, 0.1) is 23.2 Å². The van der Waals surface area contributed by atoms with Crippen LogP contribution in [0.25, 0.3) is 11.0 Å². The quantitative estimate of drug-likeness (QED) is 0.791. The van der Waals surface area contributed by atoms with Crippen LogP contribution < -0.4 is 10.6 Å². The van der Waals surface area contributed by atoms with Gasteiger partial charge in [-0.15, -0.1) is 0 Å². The molecule has 4 aliphatic carbocycles. The number of para-hydroxylation sites is 2. The van der Waals surface area contributed by atoms with Gasteiger partial charge in [-0.05, 0) is 75.3 Å². The molecule has 0 atom stereocenters. The van der Waals surface area contributed by atoms with Gasteiger partial charge in [0.05, 0.1) is 24.1 Å². The highest BCUT2D eigenvalue weighted by Crippen LogP contribution is 2.60. The molecule has 0 spiro atoms. The monoisotopic (exact) mass is 394 g/mol. The van der Waals surface area contributed by atoms with Crippen molar-refractivity contribution < 1.29 is 9.59 Å². The van der Waals surface area contributed by atoms with Gasteiger partial charge in [-0.1, -0.05) is 12.1 Å². The number of rotatable bonds is 6. The molecule has 4 aliphatic rings. The van der Waals surface area contributed by atoms with E-state index in [4.69, 9.17) is 0 Å². The molecule has 29 heavy (non-hydrogen) atoms. The van der Waals surface area contributed by atoms with Crippen molar-refractivity contribution in [3.8, 4) is 0 Å². The van der Waals surface area contributed by atoms with Crippen LogP contribution in [0.1, 0.15) is 51.3 Å². The standard InChI is InChI=1S/C23H30N4O2/c1-2-27-19-6-4-3-5-18(19)26-20(27)13-24-21(28)14-25-22(29)23-10-15-7-16(11-23)9-17(8-15)12-23/h3-6,15-17H,2,7-14H2,1H3,(H,24,28)(H,25,29). The van der Waals surface area contributed by atoms with Crippen LogP contribution in [0.3, 0.4) is 0 Å². The van der Waals surface area contributed by atoms with Gasteiger partial charge in [-0.25, -0.2) is 4.98 Å². The average molecular weight is 395 g/mol. The van der Waals surface area contributed by atoms with Gasteiger partial charge in [0, 0.05) is 12.0 Å². The Hall–Kier alpha value is -2.37. The Morgan fingerprint density at radius 2 is 1.72 bits per heavy atom. The minimum absolute atomic E-state index is 0.0485. The number of carbonyl (C=O) groups is 2. The van der Waals surface area contributed by atoms with Gasteiger partial charge in [0.1, 0.15) is 5.82 Å². The van der Waals surface area contributed by atoms with Gasteiger partial charge >= 0.3 is 0 Å². The maximum absolute atomic E-state index is 13.0. The van der Waals surface area contributed by atoms with Crippen molar-refractivity contribution in [2.24, 2.45) is 23.2 Å². The maximum Gasteiger partial charge on any atom is 0.239 e. The number of benzene rings is 1. The number of nitrogens with one attached hydrogen (secondary N) is 2. The van der Waals surface area contributed by atoms with Crippen LogP contribution >= 0.6 is 0 Å². The van der Waals surface area contributed by atoms with E-state index in [1.807, 2.05) is 24.3 Å². The topological polar surface area (TPSA) is 76.0 Å². The Kier molecular flexibility index (Phi) is 4.60. The van der Waals surface area contributed by atoms with E-state index in [9.17, 15) is 9.59 Å². The SMILES string of the molecule is CCn1c(CNC(=O)CNC(=O)C23CC4CC(CC(C4)C2)C3)nc2ccccc21. The Bertz CT molecular complexity index is 912. The molecule has 1 heterocycles. The van der Waals surface area contributed by atoms with Crippen molar-refractivity contribution in [2.75, 3.05) is 6.54 Å². The largest absolute Gasteiger partial charge is 0.347 e. The number of fused-ring (bicyclic) bond motifs is 1. The summed E-state index contributed by atoms with van der Waals surface area (Å²) in [6, 6.07) is 8.00. The van der Waals surface area contributed by atoms with E-state index in [0.717, 1.165) is 60.4 Å². The number of hydrogen-bond donors (Lipinski definition) is 2. The summed E-state index contributed by atoms with van der Waals surface area (Å²) in [6.07, 6.45) is 7.00. The molecular formula is C23H30N4O2. The number of amides is 2. The first kappa shape index (κ1) is 18.6. The fourth-order valence-corrected chi connectivity index (χ4v) is 6.59. The third-order valence-electron chi connectivity index (χ3n) is 7.42. The van der Waals surface area contributed by atoms with Crippen molar-refractivity contribution >= 4 is 22.8 Å². The van der Waals surface area contributed by atoms with Crippen molar-refractivity contribution in [1.29, 1.82) is 0 Å². The van der Waals surface area contributed by atoms with Gasteiger partial charge in [-0.2, -0.15) is 0 Å². The lowest BCUT2D eigenvalue weighted by Gasteiger charge is -2.55. The third-order valence-corrected chi connectivity index (χ3v) is 7.42. The molecule has 4 fully saturated rings. The summed E-state index contributed by atoms with van der Waals surface area (Å²) < 4.78 is 2.11. The highest BCUT2D eigenvalue weighted by atomic mass is 16.2. The third kappa shape index (κ3) is 3.32. The zero-order chi connectivity index (χ0) is 20.0. The molecule has 2 amide bonds. The number of hydrogen-bond acceptors (Lipinski definition) is 3. The van der Waals surface area contributed by atoms with Crippen LogP contribution in [0.15, 0.2) is 24.3 Å². The number of nitrogens with zero attached hydrogens (tertiary/aromatic N) is 2. The van der Waals surface area contributed by atoms with Gasteiger partial charge in [0.2, 0.25) is 11.8 Å². The van der Waals surface area contributed by atoms with Gasteiger partial charge in [0.25, 0.3) is 0 Å². The second-order valence-corrected chi connectivity index (χ2v) is 9.42. The zero-order valence-corrected chi connectivity index (χ0v) is 17.1. The molecular weight excluding hydrogens is 364 g/mol. The summed E-state index contributed by atoms with van der Waals surface area (Å²) >= 11 is 0. The lowest BCUT2D eigenvalue weighted by molar-refractivity contribution is -0.147. The molecule has 0 saturated heterocycles. The highest BCUT2D eigenvalue weighted by molar-refractivity contribution is 5.88. The molecule has 2 aromatic rings. The fraction of sp³-hybridized carbons (Fsp3) is 0.609. The summed E-state index contributed by atoms with van der Waals surface area (Å²) in [5.41, 5.74) is 1.81. The van der Waals surface area contributed by atoms with Crippen LogP contribution in [-0.4, -0.2) is 27.9 Å². The predicted octanol–water partition coefficient (Wildman–Crippen LogP) is 3.00. The molecule has 0 aliphatic heterocycles. The molecule has 0 unspecified atom stereocenters. The molecule has 4 bridgehead atoms. The summed E-state index contributed by atoms with van der Waals surface area (Å²) in [5.74, 6) is 2.97. The van der Waals surface area contributed by atoms with E-state index in [1.165, 1.54) is 19.3 Å². The molecule has 6 nitrogen and oxygen atoms in total. The zero-order valence-electron chi connectivity index (χ0n) is 17.1. The van der Waals surface area contributed by atoms with Crippen molar-refractivity contribution in [2.45, 2.75) is 58.5 Å². The lowest BCUT2D eigenvalue weighted by atomic mass is 9.49. The first-order valence-corrected chi connectivity index (χ1v) is 11.1. The maximum atomic E-state index is 13.0. The van der Waals surface area contributed by atoms with Crippen molar-refractivity contribution in [3.63, 3.8) is 0 Å². The van der Waals surface area contributed by atoms with Crippen LogP contribution in [0.4, 0.5) is 0 Å². The summed E-state index contributed by atoms with van der Waals surface area (Å²) in [6.45, 7) is 3.29. The average Bonchev–Trinajstić information content (AvgIpc) is 3.07. The smallest absolute Gasteiger partial charge is 0.239 e. The fourth-order valence-electron chi connectivity index (χ4n) is 6.59. The van der Waals surface area contributed by atoms with Gasteiger partial charge in [-0.3, -0.25) is 9.59 Å². The minimum atomic E-state index is -0.203. The van der Waals surface area contributed by atoms with E-state index < -0.39 is 0 Å². The van der Waals surface area contributed by atoms with Crippen LogP contribution in [0.2, 0.25) is 0 Å².